The number of nitrogens with zero attached hydrogens (tertiary/aromatic N) is 4. The van der Waals surface area contributed by atoms with Gasteiger partial charge in [0, 0.05) is 23.6 Å². The van der Waals surface area contributed by atoms with E-state index in [0.29, 0.717) is 18.4 Å². The molecule has 0 saturated carbocycles. The van der Waals surface area contributed by atoms with Crippen molar-refractivity contribution in [3.8, 4) is 11.4 Å². The molecule has 0 radical (unpaired) electrons. The van der Waals surface area contributed by atoms with Crippen LogP contribution in [-0.4, -0.2) is 37.0 Å². The van der Waals surface area contributed by atoms with E-state index in [1.807, 2.05) is 36.3 Å². The molecule has 3 aromatic heterocycles. The minimum Gasteiger partial charge on any atom is -0.461 e. The summed E-state index contributed by atoms with van der Waals surface area (Å²) in [5.41, 5.74) is 3.80. The highest BCUT2D eigenvalue weighted by molar-refractivity contribution is 5.97. The van der Waals surface area contributed by atoms with E-state index >= 15 is 0 Å². The average Bonchev–Trinajstić information content (AvgIpc) is 3.69. The number of furan rings is 1. The van der Waals surface area contributed by atoms with E-state index in [-0.39, 0.29) is 29.8 Å². The quantitative estimate of drug-likeness (QED) is 0.274. The summed E-state index contributed by atoms with van der Waals surface area (Å²) in [6.07, 6.45) is -2.27. The van der Waals surface area contributed by atoms with Crippen LogP contribution in [0.25, 0.3) is 22.4 Å². The molecule has 0 aliphatic heterocycles. The Bertz CT molecular complexity index is 1790. The Kier molecular flexibility index (Phi) is 6.48. The molecule has 6 rings (SSSR count). The van der Waals surface area contributed by atoms with Gasteiger partial charge in [-0.05, 0) is 54.7 Å². The number of halogens is 3. The third kappa shape index (κ3) is 5.38. The number of aromatic nitrogens is 5. The first kappa shape index (κ1) is 26.2. The second-order valence-corrected chi connectivity index (χ2v) is 9.68. The zero-order chi connectivity index (χ0) is 28.7. The molecule has 1 aliphatic rings. The van der Waals surface area contributed by atoms with Gasteiger partial charge in [0.25, 0.3) is 11.8 Å². The molecule has 3 heterocycles. The van der Waals surface area contributed by atoms with Crippen LogP contribution in [-0.2, 0) is 19.1 Å². The van der Waals surface area contributed by atoms with Crippen LogP contribution in [0.15, 0.2) is 59.3 Å². The van der Waals surface area contributed by atoms with Crippen LogP contribution in [0, 0.1) is 6.92 Å². The number of amides is 2. The van der Waals surface area contributed by atoms with Crippen molar-refractivity contribution in [2.75, 3.05) is 0 Å². The number of nitrogens with one attached hydrogen (secondary N) is 3. The predicted octanol–water partition coefficient (Wildman–Crippen LogP) is 4.68. The number of alkyl halides is 3. The zero-order valence-electron chi connectivity index (χ0n) is 21.5. The summed E-state index contributed by atoms with van der Waals surface area (Å²) in [6.45, 7) is 2.11. The van der Waals surface area contributed by atoms with Gasteiger partial charge in [-0.25, -0.2) is 15.0 Å². The number of H-pyrrole nitrogens is 1. The number of carbonyl (C=O) groups excluding carboxylic acids is 2. The summed E-state index contributed by atoms with van der Waals surface area (Å²) in [5, 5.41) is 12.3. The van der Waals surface area contributed by atoms with Crippen molar-refractivity contribution in [3.05, 3.63) is 94.5 Å². The van der Waals surface area contributed by atoms with Crippen LogP contribution < -0.4 is 10.6 Å². The molecule has 0 saturated heterocycles. The summed E-state index contributed by atoms with van der Waals surface area (Å²) in [7, 11) is 0. The third-order valence-electron chi connectivity index (χ3n) is 6.83. The molecule has 208 valence electrons. The predicted molar refractivity (Wildman–Crippen MR) is 140 cm³/mol. The van der Waals surface area contributed by atoms with Crippen molar-refractivity contribution in [3.63, 3.8) is 0 Å². The largest absolute Gasteiger partial charge is 0.461 e. The van der Waals surface area contributed by atoms with E-state index in [1.165, 1.54) is 6.07 Å². The Hall–Kier alpha value is -5.07. The van der Waals surface area contributed by atoms with Gasteiger partial charge < -0.3 is 15.1 Å². The molecule has 0 fully saturated rings. The van der Waals surface area contributed by atoms with Crippen molar-refractivity contribution in [1.82, 2.24) is 35.8 Å². The van der Waals surface area contributed by atoms with E-state index < -0.39 is 23.8 Å². The fourth-order valence-electron chi connectivity index (χ4n) is 4.85. The Balaban J connectivity index is 1.10. The molecule has 13 heteroatoms. The number of carbonyl (C=O) groups is 2. The standard InChI is InChI=1S/C28H22F3N7O3/c1-14-8-17-3-2-15(9-23(17)41-14)12-32-25(39)21-11-22(34-13-33-21)26(40)35-20-7-5-16-10-18(4-6-19(16)20)24-36-27(38-37-24)28(29,30)31/h2-4,6,8-11,13,20H,5,7,12H2,1H3,(H,32,39)(H,35,40)(H,36,37,38)/t20-/m1/s1. The molecular weight excluding hydrogens is 539 g/mol. The summed E-state index contributed by atoms with van der Waals surface area (Å²) in [5.74, 6) is -1.37. The molecule has 3 N–H and O–H groups in total. The van der Waals surface area contributed by atoms with Gasteiger partial charge in [0.05, 0.1) is 6.04 Å². The first-order valence-corrected chi connectivity index (χ1v) is 12.7. The maximum Gasteiger partial charge on any atom is 0.451 e. The molecule has 0 spiro atoms. The highest BCUT2D eigenvalue weighted by Gasteiger charge is 2.35. The first-order valence-electron chi connectivity index (χ1n) is 12.7. The Morgan fingerprint density at radius 2 is 1.85 bits per heavy atom. The van der Waals surface area contributed by atoms with Gasteiger partial charge in [-0.15, -0.1) is 0 Å². The van der Waals surface area contributed by atoms with E-state index in [0.717, 1.165) is 39.7 Å². The van der Waals surface area contributed by atoms with Crippen LogP contribution in [0.1, 0.15) is 61.7 Å². The van der Waals surface area contributed by atoms with Gasteiger partial charge in [-0.3, -0.25) is 14.7 Å². The number of rotatable bonds is 6. The second kappa shape index (κ2) is 10.2. The van der Waals surface area contributed by atoms with Crippen molar-refractivity contribution < 1.29 is 27.2 Å². The average molecular weight is 562 g/mol. The molecule has 5 aromatic rings. The smallest absolute Gasteiger partial charge is 0.451 e. The monoisotopic (exact) mass is 561 g/mol. The van der Waals surface area contributed by atoms with Gasteiger partial charge in [0.15, 0.2) is 5.82 Å². The molecule has 2 amide bonds. The SMILES string of the molecule is Cc1cc2ccc(CNC(=O)c3cc(C(=O)N[C@@H]4CCc5cc(-c6n[nH]c(C(F)(F)F)n6)ccc54)ncn3)cc2o1. The third-order valence-corrected chi connectivity index (χ3v) is 6.83. The molecule has 1 atom stereocenters. The van der Waals surface area contributed by atoms with E-state index in [2.05, 4.69) is 30.7 Å². The number of fused-ring (bicyclic) bond motifs is 2. The molecule has 1 aliphatic carbocycles. The lowest BCUT2D eigenvalue weighted by molar-refractivity contribution is -0.144. The van der Waals surface area contributed by atoms with Gasteiger partial charge in [-0.1, -0.05) is 24.3 Å². The van der Waals surface area contributed by atoms with E-state index in [4.69, 9.17) is 4.42 Å². The van der Waals surface area contributed by atoms with Crippen molar-refractivity contribution in [1.29, 1.82) is 0 Å². The normalized spacial score (nSPS) is 14.7. The molecule has 41 heavy (non-hydrogen) atoms. The molecule has 10 nitrogen and oxygen atoms in total. The van der Waals surface area contributed by atoms with Gasteiger partial charge in [-0.2, -0.15) is 18.3 Å². The van der Waals surface area contributed by atoms with Gasteiger partial charge in [0.2, 0.25) is 5.82 Å². The van der Waals surface area contributed by atoms with Crippen molar-refractivity contribution >= 4 is 22.8 Å². The highest BCUT2D eigenvalue weighted by atomic mass is 19.4. The minimum atomic E-state index is -4.62. The van der Waals surface area contributed by atoms with Crippen LogP contribution in [0.5, 0.6) is 0 Å². The summed E-state index contributed by atoms with van der Waals surface area (Å²) < 4.78 is 44.2. The minimum absolute atomic E-state index is 0.0307. The summed E-state index contributed by atoms with van der Waals surface area (Å²) >= 11 is 0. The van der Waals surface area contributed by atoms with E-state index in [1.54, 1.807) is 18.2 Å². The topological polar surface area (TPSA) is 139 Å². The van der Waals surface area contributed by atoms with Crippen molar-refractivity contribution in [2.24, 2.45) is 0 Å². The number of aryl methyl sites for hydroxylation is 2. The maximum absolute atomic E-state index is 13.0. The molecule has 0 unspecified atom stereocenters. The van der Waals surface area contributed by atoms with Crippen LogP contribution >= 0.6 is 0 Å². The lowest BCUT2D eigenvalue weighted by atomic mass is 10.0. The highest BCUT2D eigenvalue weighted by Crippen LogP contribution is 2.34. The van der Waals surface area contributed by atoms with Crippen LogP contribution in [0.3, 0.4) is 0 Å². The molecular formula is C28H22F3N7O3. The van der Waals surface area contributed by atoms with Crippen LogP contribution in [0.4, 0.5) is 13.2 Å². The lowest BCUT2D eigenvalue weighted by Gasteiger charge is -2.14. The van der Waals surface area contributed by atoms with Gasteiger partial charge >= 0.3 is 6.18 Å². The fourth-order valence-corrected chi connectivity index (χ4v) is 4.85. The summed E-state index contributed by atoms with van der Waals surface area (Å²) in [6, 6.07) is 13.7. The number of benzene rings is 2. The van der Waals surface area contributed by atoms with E-state index in [9.17, 15) is 22.8 Å². The lowest BCUT2D eigenvalue weighted by Crippen LogP contribution is -2.29. The first-order chi connectivity index (χ1) is 19.6. The molecule has 0 bridgehead atoms. The van der Waals surface area contributed by atoms with Crippen LogP contribution in [0.2, 0.25) is 0 Å². The molecule has 2 aromatic carbocycles. The number of hydrogen-bond donors (Lipinski definition) is 3. The Morgan fingerprint density at radius 1 is 1.05 bits per heavy atom. The maximum atomic E-state index is 13.0. The Morgan fingerprint density at radius 3 is 2.63 bits per heavy atom. The second-order valence-electron chi connectivity index (χ2n) is 9.68. The number of hydrogen-bond acceptors (Lipinski definition) is 7. The van der Waals surface area contributed by atoms with Crippen molar-refractivity contribution in [2.45, 2.75) is 38.5 Å². The van der Waals surface area contributed by atoms with Gasteiger partial charge in [0.1, 0.15) is 29.1 Å². The fraction of sp³-hybridized carbons (Fsp3) is 0.214. The Labute approximate surface area is 230 Å². The number of aromatic amines is 1. The zero-order valence-corrected chi connectivity index (χ0v) is 21.5. The summed E-state index contributed by atoms with van der Waals surface area (Å²) in [4.78, 5) is 37.3.